The summed E-state index contributed by atoms with van der Waals surface area (Å²) in [5.41, 5.74) is 7.46. The number of ether oxygens (including phenoxy) is 1. The number of rotatable bonds is 4. The number of aliphatic hydroxyl groups is 1. The van der Waals surface area contributed by atoms with Crippen molar-refractivity contribution in [2.45, 2.75) is 13.0 Å². The highest BCUT2D eigenvalue weighted by molar-refractivity contribution is 5.82. The van der Waals surface area contributed by atoms with Crippen molar-refractivity contribution in [1.29, 1.82) is 0 Å². The summed E-state index contributed by atoms with van der Waals surface area (Å²) in [5.74, 6) is 0.364. The van der Waals surface area contributed by atoms with E-state index in [9.17, 15) is 9.50 Å². The number of benzene rings is 1. The van der Waals surface area contributed by atoms with Gasteiger partial charge in [0.2, 0.25) is 0 Å². The van der Waals surface area contributed by atoms with Crippen LogP contribution in [0.25, 0.3) is 10.9 Å². The zero-order valence-electron chi connectivity index (χ0n) is 14.9. The van der Waals surface area contributed by atoms with Gasteiger partial charge in [-0.15, -0.1) is 0 Å². The van der Waals surface area contributed by atoms with Crippen molar-refractivity contribution in [3.05, 3.63) is 35.8 Å². The van der Waals surface area contributed by atoms with Gasteiger partial charge in [0.25, 0.3) is 0 Å². The Morgan fingerprint density at radius 2 is 2.22 bits per heavy atom. The molecule has 3 heterocycles. The first-order valence-electron chi connectivity index (χ1n) is 8.73. The van der Waals surface area contributed by atoms with Crippen LogP contribution in [0.1, 0.15) is 5.69 Å². The van der Waals surface area contributed by atoms with Crippen molar-refractivity contribution in [2.75, 3.05) is 36.9 Å². The maximum absolute atomic E-state index is 14.7. The molecule has 1 aliphatic heterocycles. The lowest BCUT2D eigenvalue weighted by molar-refractivity contribution is 0.235. The van der Waals surface area contributed by atoms with E-state index in [0.29, 0.717) is 36.4 Å². The normalized spacial score (nSPS) is 17.4. The number of aromatic amines is 1. The second-order valence-corrected chi connectivity index (χ2v) is 6.61. The van der Waals surface area contributed by atoms with E-state index < -0.39 is 5.82 Å². The summed E-state index contributed by atoms with van der Waals surface area (Å²) in [6, 6.07) is 6.58. The first-order chi connectivity index (χ1) is 13.0. The van der Waals surface area contributed by atoms with Crippen molar-refractivity contribution in [1.82, 2.24) is 20.3 Å². The Kier molecular flexibility index (Phi) is 4.54. The molecule has 0 aliphatic carbocycles. The molecule has 3 aromatic rings. The van der Waals surface area contributed by atoms with Gasteiger partial charge in [0, 0.05) is 48.3 Å². The number of halogens is 1. The summed E-state index contributed by atoms with van der Waals surface area (Å²) in [6.45, 7) is 3.89. The Labute approximate surface area is 155 Å². The van der Waals surface area contributed by atoms with Crippen LogP contribution in [0.5, 0.6) is 11.8 Å². The van der Waals surface area contributed by atoms with Crippen molar-refractivity contribution < 1.29 is 14.2 Å². The third kappa shape index (κ3) is 3.51. The topological polar surface area (TPSA) is 112 Å². The number of aromatic nitrogens is 3. The Hall–Kier alpha value is -2.91. The van der Waals surface area contributed by atoms with Crippen molar-refractivity contribution in [3.63, 3.8) is 0 Å². The molecule has 1 saturated heterocycles. The van der Waals surface area contributed by atoms with Crippen LogP contribution < -0.4 is 20.7 Å². The summed E-state index contributed by atoms with van der Waals surface area (Å²) in [4.78, 5) is 13.5. The smallest absolute Gasteiger partial charge is 0.326 e. The zero-order valence-corrected chi connectivity index (χ0v) is 14.9. The highest BCUT2D eigenvalue weighted by atomic mass is 19.1. The van der Waals surface area contributed by atoms with Gasteiger partial charge in [-0.2, -0.15) is 9.97 Å². The van der Waals surface area contributed by atoms with Crippen LogP contribution in [0.2, 0.25) is 0 Å². The van der Waals surface area contributed by atoms with E-state index in [4.69, 9.17) is 10.5 Å². The Morgan fingerprint density at radius 1 is 1.37 bits per heavy atom. The number of nitrogen functional groups attached to an aromatic ring is 1. The summed E-state index contributed by atoms with van der Waals surface area (Å²) >= 11 is 0. The number of aliphatic hydroxyl groups excluding tert-OH is 1. The molecule has 142 valence electrons. The summed E-state index contributed by atoms with van der Waals surface area (Å²) in [6.07, 6.45) is 0. The van der Waals surface area contributed by atoms with Crippen LogP contribution in [0.4, 0.5) is 16.0 Å². The van der Waals surface area contributed by atoms with Gasteiger partial charge in [-0.3, -0.25) is 0 Å². The molecule has 0 spiro atoms. The fourth-order valence-electron chi connectivity index (χ4n) is 3.26. The number of H-pyrrole nitrogens is 1. The lowest BCUT2D eigenvalue weighted by Crippen LogP contribution is -2.52. The predicted molar refractivity (Wildman–Crippen MR) is 101 cm³/mol. The molecule has 2 aromatic heterocycles. The molecule has 1 aromatic carbocycles. The third-order valence-corrected chi connectivity index (χ3v) is 4.55. The molecule has 1 aliphatic rings. The van der Waals surface area contributed by atoms with Crippen LogP contribution in [-0.2, 0) is 0 Å². The van der Waals surface area contributed by atoms with Gasteiger partial charge in [-0.25, -0.2) is 4.39 Å². The molecule has 0 saturated carbocycles. The number of hydrogen-bond donors (Lipinski definition) is 4. The van der Waals surface area contributed by atoms with E-state index in [1.54, 1.807) is 18.2 Å². The minimum absolute atomic E-state index is 0.0189. The van der Waals surface area contributed by atoms with Crippen molar-refractivity contribution >= 4 is 22.5 Å². The molecule has 1 atom stereocenters. The number of piperazine rings is 1. The zero-order chi connectivity index (χ0) is 19.0. The molecular weight excluding hydrogens is 351 g/mol. The van der Waals surface area contributed by atoms with Gasteiger partial charge < -0.3 is 30.8 Å². The van der Waals surface area contributed by atoms with E-state index in [0.717, 1.165) is 5.69 Å². The molecule has 9 heteroatoms. The van der Waals surface area contributed by atoms with Gasteiger partial charge in [0.15, 0.2) is 11.6 Å². The standard InChI is InChI=1S/C18H21FN6O2/c1-10-6-12-13(22-10)2-3-14(17(12)19)27-18-23-15(20)7-16(24-18)25-5-4-21-11(8-25)9-26/h2-3,6-7,11,21-22,26H,4-5,8-9H2,1H3,(H2,20,23,24). The molecule has 0 amide bonds. The second kappa shape index (κ2) is 7.01. The molecule has 1 fully saturated rings. The molecule has 5 N–H and O–H groups in total. The first kappa shape index (κ1) is 17.5. The largest absolute Gasteiger partial charge is 0.421 e. The first-order valence-corrected chi connectivity index (χ1v) is 8.73. The van der Waals surface area contributed by atoms with Crippen LogP contribution in [0.15, 0.2) is 24.3 Å². The van der Waals surface area contributed by atoms with Crippen LogP contribution in [0, 0.1) is 12.7 Å². The average Bonchev–Trinajstić information content (AvgIpc) is 3.05. The number of fused-ring (bicyclic) bond motifs is 1. The molecule has 1 unspecified atom stereocenters. The second-order valence-electron chi connectivity index (χ2n) is 6.61. The fraction of sp³-hybridized carbons (Fsp3) is 0.333. The fourth-order valence-corrected chi connectivity index (χ4v) is 3.26. The van der Waals surface area contributed by atoms with E-state index >= 15 is 0 Å². The van der Waals surface area contributed by atoms with Crippen LogP contribution in [0.3, 0.4) is 0 Å². The summed E-state index contributed by atoms with van der Waals surface area (Å²) < 4.78 is 20.4. The van der Waals surface area contributed by atoms with Crippen molar-refractivity contribution in [3.8, 4) is 11.8 Å². The van der Waals surface area contributed by atoms with Gasteiger partial charge in [0.05, 0.1) is 6.61 Å². The van der Waals surface area contributed by atoms with Crippen molar-refractivity contribution in [2.24, 2.45) is 0 Å². The molecule has 0 bridgehead atoms. The monoisotopic (exact) mass is 372 g/mol. The molecule has 8 nitrogen and oxygen atoms in total. The third-order valence-electron chi connectivity index (χ3n) is 4.55. The number of nitrogens with one attached hydrogen (secondary N) is 2. The van der Waals surface area contributed by atoms with E-state index in [1.807, 2.05) is 11.8 Å². The molecule has 0 radical (unpaired) electrons. The van der Waals surface area contributed by atoms with Gasteiger partial charge in [-0.1, -0.05) is 0 Å². The summed E-state index contributed by atoms with van der Waals surface area (Å²) in [7, 11) is 0. The van der Waals surface area contributed by atoms with E-state index in [2.05, 4.69) is 20.3 Å². The SMILES string of the molecule is Cc1cc2c(F)c(Oc3nc(N)cc(N4CCNC(CO)C4)n3)ccc2[nH]1. The summed E-state index contributed by atoms with van der Waals surface area (Å²) in [5, 5.41) is 13.0. The lowest BCUT2D eigenvalue weighted by Gasteiger charge is -2.33. The van der Waals surface area contributed by atoms with Gasteiger partial charge in [-0.05, 0) is 25.1 Å². The average molecular weight is 372 g/mol. The van der Waals surface area contributed by atoms with Gasteiger partial charge in [0.1, 0.15) is 11.6 Å². The van der Waals surface area contributed by atoms with E-state index in [1.165, 1.54) is 6.07 Å². The molecule has 27 heavy (non-hydrogen) atoms. The minimum Gasteiger partial charge on any atom is -0.421 e. The number of nitrogens with two attached hydrogens (primary N) is 1. The predicted octanol–water partition coefficient (Wildman–Crippen LogP) is 1.55. The Bertz CT molecular complexity index is 976. The number of anilines is 2. The maximum Gasteiger partial charge on any atom is 0.326 e. The number of hydrogen-bond acceptors (Lipinski definition) is 7. The molecular formula is C18H21FN6O2. The highest BCUT2D eigenvalue weighted by Crippen LogP contribution is 2.30. The van der Waals surface area contributed by atoms with E-state index in [-0.39, 0.29) is 30.2 Å². The quantitative estimate of drug-likeness (QED) is 0.550. The number of aryl methyl sites for hydroxylation is 1. The van der Waals surface area contributed by atoms with Gasteiger partial charge >= 0.3 is 6.01 Å². The highest BCUT2D eigenvalue weighted by Gasteiger charge is 2.21. The van der Waals surface area contributed by atoms with Crippen LogP contribution >= 0.6 is 0 Å². The minimum atomic E-state index is -0.480. The Balaban J connectivity index is 1.63. The van der Waals surface area contributed by atoms with Crippen LogP contribution in [-0.4, -0.2) is 52.3 Å². The number of nitrogens with zero attached hydrogens (tertiary/aromatic N) is 3. The Morgan fingerprint density at radius 3 is 3.04 bits per heavy atom. The maximum atomic E-state index is 14.7. The lowest BCUT2D eigenvalue weighted by atomic mass is 10.2. The molecule has 4 rings (SSSR count).